The van der Waals surface area contributed by atoms with Crippen LogP contribution in [0.15, 0.2) is 0 Å². The fourth-order valence-electron chi connectivity index (χ4n) is 1.67. The van der Waals surface area contributed by atoms with Gasteiger partial charge in [0.05, 0.1) is 0 Å². The first-order valence-electron chi connectivity index (χ1n) is 6.22. The molecule has 2 heteroatoms. The van der Waals surface area contributed by atoms with Gasteiger partial charge in [-0.3, -0.25) is 0 Å². The minimum Gasteiger partial charge on any atom is -0.330 e. The molecule has 0 aromatic rings. The highest BCUT2D eigenvalue weighted by atomic mass is 32.1. The van der Waals surface area contributed by atoms with E-state index in [1.807, 2.05) is 0 Å². The van der Waals surface area contributed by atoms with E-state index >= 15 is 0 Å². The number of unbranched alkanes of at least 4 members (excludes halogenated alkanes) is 9. The van der Waals surface area contributed by atoms with E-state index in [4.69, 9.17) is 5.73 Å². The zero-order chi connectivity index (χ0) is 10.5. The first-order chi connectivity index (χ1) is 6.91. The Labute approximate surface area is 95.2 Å². The second-order valence-electron chi connectivity index (χ2n) is 4.05. The van der Waals surface area contributed by atoms with Crippen LogP contribution in [-0.2, 0) is 0 Å². The molecule has 2 N–H and O–H groups in total. The van der Waals surface area contributed by atoms with Gasteiger partial charge in [0, 0.05) is 0 Å². The zero-order valence-corrected chi connectivity index (χ0v) is 10.4. The van der Waals surface area contributed by atoms with Gasteiger partial charge in [0.1, 0.15) is 0 Å². The molecule has 14 heavy (non-hydrogen) atoms. The van der Waals surface area contributed by atoms with Gasteiger partial charge < -0.3 is 5.73 Å². The quantitative estimate of drug-likeness (QED) is 0.400. The Balaban J connectivity index is 2.78. The summed E-state index contributed by atoms with van der Waals surface area (Å²) >= 11 is 4.20. The average molecular weight is 217 g/mol. The summed E-state index contributed by atoms with van der Waals surface area (Å²) in [6, 6.07) is 0. The summed E-state index contributed by atoms with van der Waals surface area (Å²) in [5.41, 5.74) is 5.43. The third kappa shape index (κ3) is 12.3. The Morgan fingerprint density at radius 1 is 0.571 bits per heavy atom. The minimum atomic E-state index is 0.865. The van der Waals surface area contributed by atoms with Gasteiger partial charge in [0.2, 0.25) is 0 Å². The van der Waals surface area contributed by atoms with Crippen molar-refractivity contribution in [2.75, 3.05) is 12.3 Å². The molecule has 86 valence electrons. The van der Waals surface area contributed by atoms with Crippen LogP contribution >= 0.6 is 12.6 Å². The molecule has 0 saturated carbocycles. The van der Waals surface area contributed by atoms with Crippen molar-refractivity contribution in [2.24, 2.45) is 5.73 Å². The second kappa shape index (κ2) is 13.3. The number of thiol groups is 1. The van der Waals surface area contributed by atoms with Crippen molar-refractivity contribution in [3.8, 4) is 0 Å². The Bertz CT molecular complexity index is 84.3. The van der Waals surface area contributed by atoms with Gasteiger partial charge >= 0.3 is 0 Å². The lowest BCUT2D eigenvalue weighted by molar-refractivity contribution is 0.559. The largest absolute Gasteiger partial charge is 0.330 e. The molecule has 0 amide bonds. The van der Waals surface area contributed by atoms with Crippen molar-refractivity contribution in [1.82, 2.24) is 0 Å². The first kappa shape index (κ1) is 14.3. The Hall–Kier alpha value is 0.310. The van der Waals surface area contributed by atoms with Crippen LogP contribution < -0.4 is 5.73 Å². The van der Waals surface area contributed by atoms with Gasteiger partial charge in [-0.15, -0.1) is 0 Å². The van der Waals surface area contributed by atoms with Crippen molar-refractivity contribution in [2.45, 2.75) is 64.2 Å². The summed E-state index contributed by atoms with van der Waals surface area (Å²) < 4.78 is 0. The molecule has 0 radical (unpaired) electrons. The summed E-state index contributed by atoms with van der Waals surface area (Å²) in [7, 11) is 0. The van der Waals surface area contributed by atoms with Crippen LogP contribution in [0.3, 0.4) is 0 Å². The van der Waals surface area contributed by atoms with E-state index in [0.29, 0.717) is 0 Å². The predicted molar refractivity (Wildman–Crippen MR) is 69.1 cm³/mol. The maximum atomic E-state index is 5.43. The SMILES string of the molecule is NCCCCCCCCCCCCS. The van der Waals surface area contributed by atoms with Gasteiger partial charge in [-0.25, -0.2) is 0 Å². The van der Waals surface area contributed by atoms with Crippen LogP contribution in [0.1, 0.15) is 64.2 Å². The smallest absolute Gasteiger partial charge is 0.00773 e. The molecule has 0 unspecified atom stereocenters. The fraction of sp³-hybridized carbons (Fsp3) is 1.00. The van der Waals surface area contributed by atoms with Crippen LogP contribution in [0.5, 0.6) is 0 Å². The van der Waals surface area contributed by atoms with Gasteiger partial charge in [-0.2, -0.15) is 12.6 Å². The topological polar surface area (TPSA) is 26.0 Å². The molecule has 0 saturated heterocycles. The van der Waals surface area contributed by atoms with Gasteiger partial charge in [-0.05, 0) is 25.1 Å². The maximum Gasteiger partial charge on any atom is -0.00773 e. The molecular weight excluding hydrogens is 190 g/mol. The summed E-state index contributed by atoms with van der Waals surface area (Å²) in [5, 5.41) is 0. The first-order valence-corrected chi connectivity index (χ1v) is 6.86. The van der Waals surface area contributed by atoms with Crippen molar-refractivity contribution >= 4 is 12.6 Å². The van der Waals surface area contributed by atoms with Crippen LogP contribution in [0.25, 0.3) is 0 Å². The number of hydrogen-bond acceptors (Lipinski definition) is 2. The van der Waals surface area contributed by atoms with Crippen LogP contribution in [0.2, 0.25) is 0 Å². The highest BCUT2D eigenvalue weighted by Gasteiger charge is 1.91. The molecule has 0 fully saturated rings. The van der Waals surface area contributed by atoms with Crippen molar-refractivity contribution in [1.29, 1.82) is 0 Å². The highest BCUT2D eigenvalue weighted by molar-refractivity contribution is 7.80. The number of nitrogens with two attached hydrogens (primary N) is 1. The van der Waals surface area contributed by atoms with Gasteiger partial charge in [0.15, 0.2) is 0 Å². The van der Waals surface area contributed by atoms with Gasteiger partial charge in [0.25, 0.3) is 0 Å². The summed E-state index contributed by atoms with van der Waals surface area (Å²) in [4.78, 5) is 0. The molecule has 0 aromatic carbocycles. The van der Waals surface area contributed by atoms with E-state index in [9.17, 15) is 0 Å². The lowest BCUT2D eigenvalue weighted by atomic mass is 10.1. The van der Waals surface area contributed by atoms with E-state index in [2.05, 4.69) is 12.6 Å². The minimum absolute atomic E-state index is 0.865. The normalized spacial score (nSPS) is 10.7. The van der Waals surface area contributed by atoms with Crippen molar-refractivity contribution in [3.63, 3.8) is 0 Å². The number of rotatable bonds is 11. The molecule has 0 aliphatic carbocycles. The summed E-state index contributed by atoms with van der Waals surface area (Å²) in [5.74, 6) is 1.05. The lowest BCUT2D eigenvalue weighted by Gasteiger charge is -2.01. The average Bonchev–Trinajstić information content (AvgIpc) is 2.21. The third-order valence-electron chi connectivity index (χ3n) is 2.61. The molecular formula is C12H27NS. The maximum absolute atomic E-state index is 5.43. The molecule has 0 aliphatic heterocycles. The molecule has 0 aliphatic rings. The molecule has 0 spiro atoms. The molecule has 0 aromatic heterocycles. The fourth-order valence-corrected chi connectivity index (χ4v) is 1.89. The summed E-state index contributed by atoms with van der Waals surface area (Å²) in [6.45, 7) is 0.865. The van der Waals surface area contributed by atoms with E-state index in [-0.39, 0.29) is 0 Å². The second-order valence-corrected chi connectivity index (χ2v) is 4.50. The monoisotopic (exact) mass is 217 g/mol. The van der Waals surface area contributed by atoms with E-state index in [1.165, 1.54) is 64.2 Å². The predicted octanol–water partition coefficient (Wildman–Crippen LogP) is 3.78. The molecule has 1 nitrogen and oxygen atoms in total. The zero-order valence-electron chi connectivity index (χ0n) is 9.51. The van der Waals surface area contributed by atoms with E-state index in [1.54, 1.807) is 0 Å². The van der Waals surface area contributed by atoms with Crippen molar-refractivity contribution in [3.05, 3.63) is 0 Å². The summed E-state index contributed by atoms with van der Waals surface area (Å²) in [6.07, 6.45) is 13.7. The number of hydrogen-bond donors (Lipinski definition) is 2. The van der Waals surface area contributed by atoms with Crippen LogP contribution in [0.4, 0.5) is 0 Å². The third-order valence-corrected chi connectivity index (χ3v) is 2.93. The van der Waals surface area contributed by atoms with E-state index < -0.39 is 0 Å². The Morgan fingerprint density at radius 2 is 0.929 bits per heavy atom. The standard InChI is InChI=1S/C12H27NS/c13-11-9-7-5-3-1-2-4-6-8-10-12-14/h14H,1-13H2. The van der Waals surface area contributed by atoms with Crippen LogP contribution in [-0.4, -0.2) is 12.3 Å². The molecule has 0 rings (SSSR count). The molecule has 0 atom stereocenters. The Morgan fingerprint density at radius 3 is 1.29 bits per heavy atom. The molecule has 0 heterocycles. The lowest BCUT2D eigenvalue weighted by Crippen LogP contribution is -1.97. The molecule has 0 bridgehead atoms. The highest BCUT2D eigenvalue weighted by Crippen LogP contribution is 2.10. The van der Waals surface area contributed by atoms with E-state index in [0.717, 1.165) is 12.3 Å². The van der Waals surface area contributed by atoms with Gasteiger partial charge in [-0.1, -0.05) is 51.4 Å². The van der Waals surface area contributed by atoms with Crippen molar-refractivity contribution < 1.29 is 0 Å². The Kier molecular flexibility index (Phi) is 13.6. The van der Waals surface area contributed by atoms with Crippen LogP contribution in [0, 0.1) is 0 Å².